The number of hydrogen-bond acceptors (Lipinski definition) is 5. The Morgan fingerprint density at radius 2 is 2.21 bits per heavy atom. The van der Waals surface area contributed by atoms with Crippen molar-refractivity contribution < 1.29 is 4.52 Å². The Morgan fingerprint density at radius 3 is 2.79 bits per heavy atom. The van der Waals surface area contributed by atoms with Crippen molar-refractivity contribution in [3.05, 3.63) is 11.7 Å². The highest BCUT2D eigenvalue weighted by Gasteiger charge is 2.43. The predicted molar refractivity (Wildman–Crippen MR) is 79.3 cm³/mol. The molecule has 0 saturated carbocycles. The van der Waals surface area contributed by atoms with E-state index in [2.05, 4.69) is 43.2 Å². The van der Waals surface area contributed by atoms with Crippen LogP contribution in [0.4, 0.5) is 0 Å². The molecule has 1 aromatic heterocycles. The summed E-state index contributed by atoms with van der Waals surface area (Å²) in [5.41, 5.74) is 0.0340. The fourth-order valence-electron chi connectivity index (χ4n) is 2.48. The summed E-state index contributed by atoms with van der Waals surface area (Å²) in [4.78, 5) is 4.65. The summed E-state index contributed by atoms with van der Waals surface area (Å²) >= 11 is 1.89. The maximum Gasteiger partial charge on any atom is 0.234 e. The molecule has 2 unspecified atom stereocenters. The summed E-state index contributed by atoms with van der Waals surface area (Å²) in [5, 5.41) is 8.24. The largest absolute Gasteiger partial charge is 0.339 e. The molecule has 0 bridgehead atoms. The van der Waals surface area contributed by atoms with Crippen LogP contribution in [0.5, 0.6) is 0 Å². The van der Waals surface area contributed by atoms with E-state index in [1.54, 1.807) is 0 Å². The van der Waals surface area contributed by atoms with Crippen LogP contribution in [-0.4, -0.2) is 28.5 Å². The van der Waals surface area contributed by atoms with Crippen LogP contribution in [-0.2, 0) is 11.2 Å². The van der Waals surface area contributed by atoms with Crippen molar-refractivity contribution in [1.82, 2.24) is 15.5 Å². The standard InChI is InChI=1S/C14H25N3OS/c1-5-11(4)19-8-12-16-13(18-17-12)14(10(2)3)6-7-15-9-14/h10-11,15H,5-9H2,1-4H3. The van der Waals surface area contributed by atoms with E-state index in [0.717, 1.165) is 37.0 Å². The lowest BCUT2D eigenvalue weighted by Crippen LogP contribution is -2.35. The van der Waals surface area contributed by atoms with Gasteiger partial charge in [-0.05, 0) is 25.3 Å². The number of rotatable bonds is 6. The second-order valence-electron chi connectivity index (χ2n) is 5.78. The summed E-state index contributed by atoms with van der Waals surface area (Å²) in [7, 11) is 0. The zero-order valence-electron chi connectivity index (χ0n) is 12.4. The predicted octanol–water partition coefficient (Wildman–Crippen LogP) is 2.99. The highest BCUT2D eigenvalue weighted by atomic mass is 32.2. The first kappa shape index (κ1) is 14.9. The van der Waals surface area contributed by atoms with Crippen molar-refractivity contribution in [2.24, 2.45) is 5.92 Å². The summed E-state index contributed by atoms with van der Waals surface area (Å²) in [6, 6.07) is 0. The molecule has 2 atom stereocenters. The average molecular weight is 283 g/mol. The van der Waals surface area contributed by atoms with Crippen molar-refractivity contribution in [2.75, 3.05) is 13.1 Å². The molecule has 2 heterocycles. The molecule has 1 saturated heterocycles. The van der Waals surface area contributed by atoms with Crippen LogP contribution in [0.1, 0.15) is 52.3 Å². The minimum Gasteiger partial charge on any atom is -0.339 e. The normalized spacial score (nSPS) is 25.1. The third kappa shape index (κ3) is 3.14. The van der Waals surface area contributed by atoms with Crippen LogP contribution < -0.4 is 5.32 Å². The number of nitrogens with one attached hydrogen (secondary N) is 1. The van der Waals surface area contributed by atoms with Crippen molar-refractivity contribution in [3.63, 3.8) is 0 Å². The Morgan fingerprint density at radius 1 is 1.42 bits per heavy atom. The molecule has 0 radical (unpaired) electrons. The van der Waals surface area contributed by atoms with Gasteiger partial charge in [0.25, 0.3) is 0 Å². The first-order valence-corrected chi connectivity index (χ1v) is 8.28. The van der Waals surface area contributed by atoms with Crippen LogP contribution in [0, 0.1) is 5.92 Å². The topological polar surface area (TPSA) is 51.0 Å². The Hall–Kier alpha value is -0.550. The Balaban J connectivity index is 2.07. The van der Waals surface area contributed by atoms with Crippen molar-refractivity contribution >= 4 is 11.8 Å². The Bertz CT molecular complexity index is 399. The molecule has 2 rings (SSSR count). The van der Waals surface area contributed by atoms with Gasteiger partial charge in [0, 0.05) is 11.8 Å². The fourth-order valence-corrected chi connectivity index (χ4v) is 3.27. The molecule has 1 aliphatic heterocycles. The highest BCUT2D eigenvalue weighted by molar-refractivity contribution is 7.99. The first-order chi connectivity index (χ1) is 9.08. The van der Waals surface area contributed by atoms with E-state index in [1.807, 2.05) is 11.8 Å². The number of nitrogens with zero attached hydrogens (tertiary/aromatic N) is 2. The van der Waals surface area contributed by atoms with E-state index < -0.39 is 0 Å². The molecule has 1 aliphatic rings. The van der Waals surface area contributed by atoms with Gasteiger partial charge in [-0.1, -0.05) is 32.9 Å². The van der Waals surface area contributed by atoms with Crippen LogP contribution >= 0.6 is 11.8 Å². The van der Waals surface area contributed by atoms with Crippen molar-refractivity contribution in [2.45, 2.75) is 57.0 Å². The minimum absolute atomic E-state index is 0.0340. The van der Waals surface area contributed by atoms with Crippen LogP contribution in [0.2, 0.25) is 0 Å². The monoisotopic (exact) mass is 283 g/mol. The van der Waals surface area contributed by atoms with E-state index in [1.165, 1.54) is 6.42 Å². The highest BCUT2D eigenvalue weighted by Crippen LogP contribution is 2.37. The first-order valence-electron chi connectivity index (χ1n) is 7.24. The smallest absolute Gasteiger partial charge is 0.234 e. The number of aromatic nitrogens is 2. The maximum absolute atomic E-state index is 5.56. The molecular formula is C14H25N3OS. The van der Waals surface area contributed by atoms with Crippen molar-refractivity contribution in [1.29, 1.82) is 0 Å². The molecular weight excluding hydrogens is 258 g/mol. The lowest BCUT2D eigenvalue weighted by molar-refractivity contribution is 0.234. The van der Waals surface area contributed by atoms with E-state index >= 15 is 0 Å². The third-order valence-corrected chi connectivity index (χ3v) is 5.59. The van der Waals surface area contributed by atoms with Gasteiger partial charge in [0.1, 0.15) is 0 Å². The van der Waals surface area contributed by atoms with E-state index in [0.29, 0.717) is 11.2 Å². The Kier molecular flexibility index (Phi) is 4.90. The van der Waals surface area contributed by atoms with Gasteiger partial charge in [-0.15, -0.1) is 0 Å². The Labute approximate surface area is 120 Å². The minimum atomic E-state index is 0.0340. The average Bonchev–Trinajstić information content (AvgIpc) is 3.04. The van der Waals surface area contributed by atoms with Crippen molar-refractivity contribution in [3.8, 4) is 0 Å². The van der Waals surface area contributed by atoms with Crippen LogP contribution in [0.15, 0.2) is 4.52 Å². The number of hydrogen-bond donors (Lipinski definition) is 1. The zero-order chi connectivity index (χ0) is 13.9. The third-order valence-electron chi connectivity index (χ3n) is 4.26. The van der Waals surface area contributed by atoms with Gasteiger partial charge in [0.15, 0.2) is 5.82 Å². The molecule has 5 heteroatoms. The molecule has 0 aromatic carbocycles. The van der Waals surface area contributed by atoms with E-state index in [9.17, 15) is 0 Å². The lowest BCUT2D eigenvalue weighted by atomic mass is 9.76. The van der Waals surface area contributed by atoms with E-state index in [-0.39, 0.29) is 5.41 Å². The second kappa shape index (κ2) is 6.27. The molecule has 0 amide bonds. The lowest BCUT2D eigenvalue weighted by Gasteiger charge is -2.28. The molecule has 0 spiro atoms. The van der Waals surface area contributed by atoms with Gasteiger partial charge in [0.2, 0.25) is 5.89 Å². The van der Waals surface area contributed by atoms with Gasteiger partial charge >= 0.3 is 0 Å². The summed E-state index contributed by atoms with van der Waals surface area (Å²) < 4.78 is 5.56. The molecule has 1 N–H and O–H groups in total. The summed E-state index contributed by atoms with van der Waals surface area (Å²) in [5.74, 6) is 3.03. The number of thioether (sulfide) groups is 1. The zero-order valence-corrected chi connectivity index (χ0v) is 13.2. The van der Waals surface area contributed by atoms with Gasteiger partial charge in [-0.25, -0.2) is 0 Å². The fraction of sp³-hybridized carbons (Fsp3) is 0.857. The molecule has 1 fully saturated rings. The van der Waals surface area contributed by atoms with Gasteiger partial charge in [0.05, 0.1) is 11.2 Å². The summed E-state index contributed by atoms with van der Waals surface area (Å²) in [6.45, 7) is 10.9. The summed E-state index contributed by atoms with van der Waals surface area (Å²) in [6.07, 6.45) is 2.26. The quantitative estimate of drug-likeness (QED) is 0.870. The SMILES string of the molecule is CCC(C)SCc1noc(C2(C(C)C)CCNC2)n1. The second-order valence-corrected chi connectivity index (χ2v) is 7.21. The van der Waals surface area contributed by atoms with Crippen LogP contribution in [0.25, 0.3) is 0 Å². The molecule has 1 aromatic rings. The van der Waals surface area contributed by atoms with Gasteiger partial charge < -0.3 is 9.84 Å². The van der Waals surface area contributed by atoms with Gasteiger partial charge in [-0.2, -0.15) is 16.7 Å². The van der Waals surface area contributed by atoms with E-state index in [4.69, 9.17) is 4.52 Å². The molecule has 0 aliphatic carbocycles. The maximum atomic E-state index is 5.56. The molecule has 19 heavy (non-hydrogen) atoms. The molecule has 4 nitrogen and oxygen atoms in total. The van der Waals surface area contributed by atoms with Crippen LogP contribution in [0.3, 0.4) is 0 Å². The molecule has 108 valence electrons. The van der Waals surface area contributed by atoms with Gasteiger partial charge in [-0.3, -0.25) is 0 Å².